The Morgan fingerprint density at radius 1 is 1.30 bits per heavy atom. The number of carbonyl (C=O) groups is 2. The molecule has 168 valence electrons. The van der Waals surface area contributed by atoms with Gasteiger partial charge in [-0.1, -0.05) is 11.6 Å². The van der Waals surface area contributed by atoms with E-state index in [1.54, 1.807) is 6.92 Å². The maximum atomic E-state index is 12.7. The fourth-order valence-corrected chi connectivity index (χ4v) is 6.28. The van der Waals surface area contributed by atoms with E-state index >= 15 is 0 Å². The van der Waals surface area contributed by atoms with E-state index in [4.69, 9.17) is 16.3 Å². The Morgan fingerprint density at radius 2 is 1.93 bits per heavy atom. The molecule has 1 aliphatic rings. The monoisotopic (exact) mass is 480 g/mol. The molecule has 0 radical (unpaired) electrons. The zero-order chi connectivity index (χ0) is 22.9. The summed E-state index contributed by atoms with van der Waals surface area (Å²) in [5.74, 6) is -1.50. The van der Waals surface area contributed by atoms with Gasteiger partial charge in [-0.25, -0.2) is 25.9 Å². The number of nitrogens with zero attached hydrogens (tertiary/aromatic N) is 2. The number of likely N-dealkylation sites (N-methyl/N-ethyl adjacent to an activating group) is 1. The lowest BCUT2D eigenvalue weighted by atomic mass is 10.2. The van der Waals surface area contributed by atoms with E-state index in [9.17, 15) is 26.4 Å². The summed E-state index contributed by atoms with van der Waals surface area (Å²) in [4.78, 5) is 26.4. The van der Waals surface area contributed by atoms with Crippen LogP contribution in [0.4, 0.5) is 0 Å². The summed E-state index contributed by atoms with van der Waals surface area (Å²) in [7, 11) is -4.40. The SMILES string of the molecule is CCN(C(=O)C(C)OC(=O)c1ccc(Cl)c(S(=O)(=O)N(C)C)c1)C1CCS(=O)(=O)C1. The van der Waals surface area contributed by atoms with Crippen LogP contribution in [0.3, 0.4) is 0 Å². The summed E-state index contributed by atoms with van der Waals surface area (Å²) in [6.07, 6.45) is -0.837. The van der Waals surface area contributed by atoms with E-state index in [1.165, 1.54) is 38.1 Å². The van der Waals surface area contributed by atoms with E-state index in [2.05, 4.69) is 0 Å². The minimum atomic E-state index is -3.89. The molecule has 1 aromatic carbocycles. The fraction of sp³-hybridized carbons (Fsp3) is 0.556. The molecular formula is C18H25ClN2O7S2. The maximum Gasteiger partial charge on any atom is 0.338 e. The quantitative estimate of drug-likeness (QED) is 0.537. The van der Waals surface area contributed by atoms with Gasteiger partial charge in [0.1, 0.15) is 4.90 Å². The molecule has 30 heavy (non-hydrogen) atoms. The Kier molecular flexibility index (Phi) is 7.54. The Labute approximate surface area is 181 Å². The van der Waals surface area contributed by atoms with Crippen LogP contribution in [0.15, 0.2) is 23.1 Å². The Morgan fingerprint density at radius 3 is 2.43 bits per heavy atom. The first-order valence-electron chi connectivity index (χ1n) is 9.24. The number of hydrogen-bond donors (Lipinski definition) is 0. The molecule has 2 rings (SSSR count). The van der Waals surface area contributed by atoms with Crippen molar-refractivity contribution in [2.24, 2.45) is 0 Å². The molecule has 1 heterocycles. The van der Waals surface area contributed by atoms with Crippen molar-refractivity contribution >= 4 is 43.3 Å². The lowest BCUT2D eigenvalue weighted by molar-refractivity contribution is -0.141. The van der Waals surface area contributed by atoms with Gasteiger partial charge >= 0.3 is 5.97 Å². The van der Waals surface area contributed by atoms with Crippen molar-refractivity contribution in [3.63, 3.8) is 0 Å². The molecule has 1 aromatic rings. The number of benzene rings is 1. The van der Waals surface area contributed by atoms with Crippen molar-refractivity contribution < 1.29 is 31.2 Å². The summed E-state index contributed by atoms with van der Waals surface area (Å²) in [5, 5.41) is -0.0519. The third kappa shape index (κ3) is 5.32. The van der Waals surface area contributed by atoms with Crippen molar-refractivity contribution in [1.82, 2.24) is 9.21 Å². The number of ether oxygens (including phenoxy) is 1. The molecular weight excluding hydrogens is 456 g/mol. The average Bonchev–Trinajstić information content (AvgIpc) is 3.01. The molecule has 1 saturated heterocycles. The third-order valence-electron chi connectivity index (χ3n) is 4.83. The van der Waals surface area contributed by atoms with Crippen LogP contribution in [0.2, 0.25) is 5.02 Å². The molecule has 0 saturated carbocycles. The summed E-state index contributed by atoms with van der Waals surface area (Å²) in [6.45, 7) is 3.38. The molecule has 1 fully saturated rings. The first-order chi connectivity index (χ1) is 13.8. The van der Waals surface area contributed by atoms with Crippen molar-refractivity contribution in [3.05, 3.63) is 28.8 Å². The number of sulfonamides is 1. The Hall–Kier alpha value is -1.69. The largest absolute Gasteiger partial charge is 0.449 e. The summed E-state index contributed by atoms with van der Waals surface area (Å²) < 4.78 is 54.4. The van der Waals surface area contributed by atoms with Crippen molar-refractivity contribution in [1.29, 1.82) is 0 Å². The predicted molar refractivity (Wildman–Crippen MR) is 112 cm³/mol. The van der Waals surface area contributed by atoms with Crippen LogP contribution in [0.1, 0.15) is 30.6 Å². The molecule has 0 spiro atoms. The summed E-state index contributed by atoms with van der Waals surface area (Å²) in [6, 6.07) is 3.21. The van der Waals surface area contributed by atoms with Crippen molar-refractivity contribution in [2.75, 3.05) is 32.1 Å². The predicted octanol–water partition coefficient (Wildman–Crippen LogP) is 1.17. The van der Waals surface area contributed by atoms with Gasteiger partial charge in [0.05, 0.1) is 22.1 Å². The van der Waals surface area contributed by atoms with Crippen LogP contribution in [0.25, 0.3) is 0 Å². The third-order valence-corrected chi connectivity index (χ3v) is 8.88. The van der Waals surface area contributed by atoms with E-state index in [1.807, 2.05) is 0 Å². The molecule has 9 nitrogen and oxygen atoms in total. The second-order valence-corrected chi connectivity index (χ2v) is 11.9. The van der Waals surface area contributed by atoms with Gasteiger partial charge in [-0.15, -0.1) is 0 Å². The number of sulfone groups is 1. The highest BCUT2D eigenvalue weighted by atomic mass is 35.5. The van der Waals surface area contributed by atoms with Gasteiger partial charge in [-0.3, -0.25) is 4.79 Å². The number of halogens is 1. The molecule has 1 aliphatic heterocycles. The molecule has 0 aromatic heterocycles. The first-order valence-corrected chi connectivity index (χ1v) is 12.9. The zero-order valence-electron chi connectivity index (χ0n) is 17.2. The second-order valence-electron chi connectivity index (χ2n) is 7.16. The van der Waals surface area contributed by atoms with E-state index < -0.39 is 43.9 Å². The van der Waals surface area contributed by atoms with Gasteiger partial charge in [-0.2, -0.15) is 0 Å². The number of amides is 1. The highest BCUT2D eigenvalue weighted by Crippen LogP contribution is 2.25. The average molecular weight is 481 g/mol. The minimum Gasteiger partial charge on any atom is -0.449 e. The van der Waals surface area contributed by atoms with Gasteiger partial charge in [0.15, 0.2) is 15.9 Å². The zero-order valence-corrected chi connectivity index (χ0v) is 19.6. The number of hydrogen-bond acceptors (Lipinski definition) is 7. The minimum absolute atomic E-state index is 0.0174. The van der Waals surface area contributed by atoms with Gasteiger partial charge < -0.3 is 9.64 Å². The maximum absolute atomic E-state index is 12.7. The van der Waals surface area contributed by atoms with Gasteiger partial charge in [-0.05, 0) is 38.5 Å². The molecule has 2 unspecified atom stereocenters. The summed E-state index contributed by atoms with van der Waals surface area (Å²) in [5.41, 5.74) is -0.0778. The van der Waals surface area contributed by atoms with Crippen molar-refractivity contribution in [2.45, 2.75) is 37.3 Å². The van der Waals surface area contributed by atoms with Crippen LogP contribution in [-0.2, 0) is 29.4 Å². The normalized spacial score (nSPS) is 19.5. The topological polar surface area (TPSA) is 118 Å². The summed E-state index contributed by atoms with van der Waals surface area (Å²) >= 11 is 5.97. The van der Waals surface area contributed by atoms with Crippen LogP contribution in [0.5, 0.6) is 0 Å². The molecule has 0 bridgehead atoms. The van der Waals surface area contributed by atoms with E-state index in [0.717, 1.165) is 10.4 Å². The number of carbonyl (C=O) groups excluding carboxylic acids is 2. The van der Waals surface area contributed by atoms with Gasteiger partial charge in [0.2, 0.25) is 10.0 Å². The Balaban J connectivity index is 2.18. The molecule has 12 heteroatoms. The van der Waals surface area contributed by atoms with Gasteiger partial charge in [0, 0.05) is 26.7 Å². The van der Waals surface area contributed by atoms with Crippen LogP contribution >= 0.6 is 11.6 Å². The van der Waals surface area contributed by atoms with E-state index in [-0.39, 0.29) is 33.5 Å². The second kappa shape index (κ2) is 9.21. The lowest BCUT2D eigenvalue weighted by Gasteiger charge is -2.29. The lowest BCUT2D eigenvalue weighted by Crippen LogP contribution is -2.46. The van der Waals surface area contributed by atoms with Crippen LogP contribution in [-0.4, -0.2) is 82.2 Å². The number of rotatable bonds is 7. The molecule has 0 N–H and O–H groups in total. The van der Waals surface area contributed by atoms with E-state index in [0.29, 0.717) is 6.42 Å². The molecule has 2 atom stereocenters. The van der Waals surface area contributed by atoms with Crippen LogP contribution in [0, 0.1) is 0 Å². The first kappa shape index (κ1) is 24.6. The molecule has 0 aliphatic carbocycles. The highest BCUT2D eigenvalue weighted by Gasteiger charge is 2.36. The number of esters is 1. The van der Waals surface area contributed by atoms with Crippen LogP contribution < -0.4 is 0 Å². The fourth-order valence-electron chi connectivity index (χ4n) is 3.15. The van der Waals surface area contributed by atoms with Gasteiger partial charge in [0.25, 0.3) is 5.91 Å². The molecule has 1 amide bonds. The highest BCUT2D eigenvalue weighted by molar-refractivity contribution is 7.91. The Bertz CT molecular complexity index is 1040. The van der Waals surface area contributed by atoms with Crippen molar-refractivity contribution in [3.8, 4) is 0 Å². The smallest absolute Gasteiger partial charge is 0.338 e. The standard InChI is InChI=1S/C18H25ClN2O7S2/c1-5-21(14-8-9-29(24,25)11-14)17(22)12(2)28-18(23)13-6-7-15(19)16(10-13)30(26,27)20(3)4/h6-7,10,12,14H,5,8-9,11H2,1-4H3.